The second-order valence-electron chi connectivity index (χ2n) is 4.12. The fraction of sp³-hybridized carbons (Fsp3) is 0.833. The van der Waals surface area contributed by atoms with Gasteiger partial charge in [-0.25, -0.2) is 0 Å². The first-order valence-electron chi connectivity index (χ1n) is 6.61. The third-order valence-corrected chi connectivity index (χ3v) is 4.55. The van der Waals surface area contributed by atoms with Crippen molar-refractivity contribution < 1.29 is 19.1 Å². The number of esters is 2. The molecule has 6 nitrogen and oxygen atoms in total. The number of nitrogens with two attached hydrogens (primary N) is 2. The summed E-state index contributed by atoms with van der Waals surface area (Å²) < 4.78 is 9.86. The fourth-order valence-electron chi connectivity index (χ4n) is 0.998. The molecule has 4 N–H and O–H groups in total. The quantitative estimate of drug-likeness (QED) is 0.328. The van der Waals surface area contributed by atoms with Gasteiger partial charge in [-0.05, 0) is 12.8 Å². The summed E-state index contributed by atoms with van der Waals surface area (Å²) in [5, 5.41) is 0. The van der Waals surface area contributed by atoms with Crippen LogP contribution in [0.2, 0.25) is 0 Å². The van der Waals surface area contributed by atoms with Crippen LogP contribution < -0.4 is 11.5 Å². The van der Waals surface area contributed by atoms with Gasteiger partial charge in [0.2, 0.25) is 0 Å². The first-order chi connectivity index (χ1) is 9.52. The molecule has 8 heteroatoms. The van der Waals surface area contributed by atoms with Gasteiger partial charge >= 0.3 is 11.9 Å². The molecule has 0 radical (unpaired) electrons. The highest BCUT2D eigenvalue weighted by Crippen LogP contribution is 2.22. The molecule has 0 saturated heterocycles. The van der Waals surface area contributed by atoms with Crippen LogP contribution in [0, 0.1) is 0 Å². The molecule has 0 heterocycles. The van der Waals surface area contributed by atoms with E-state index in [4.69, 9.17) is 20.9 Å². The lowest BCUT2D eigenvalue weighted by Gasteiger charge is -2.12. The summed E-state index contributed by atoms with van der Waals surface area (Å²) in [6.07, 6.45) is 1.55. The van der Waals surface area contributed by atoms with Crippen molar-refractivity contribution in [1.29, 1.82) is 0 Å². The van der Waals surface area contributed by atoms with Gasteiger partial charge in [0.05, 0.1) is 13.2 Å². The average molecular weight is 324 g/mol. The van der Waals surface area contributed by atoms with E-state index in [-0.39, 0.29) is 0 Å². The molecule has 0 fully saturated rings. The molecule has 0 aliphatic heterocycles. The first-order valence-corrected chi connectivity index (χ1v) is 9.10. The Morgan fingerprint density at radius 3 is 1.55 bits per heavy atom. The van der Waals surface area contributed by atoms with E-state index in [1.807, 2.05) is 13.8 Å². The van der Waals surface area contributed by atoms with Crippen LogP contribution >= 0.6 is 21.6 Å². The summed E-state index contributed by atoms with van der Waals surface area (Å²) in [7, 11) is 2.79. The van der Waals surface area contributed by atoms with Gasteiger partial charge in [-0.15, -0.1) is 0 Å². The van der Waals surface area contributed by atoms with E-state index in [1.54, 1.807) is 0 Å². The van der Waals surface area contributed by atoms with Crippen LogP contribution in [0.3, 0.4) is 0 Å². The van der Waals surface area contributed by atoms with Crippen molar-refractivity contribution in [2.24, 2.45) is 11.5 Å². The van der Waals surface area contributed by atoms with E-state index in [9.17, 15) is 9.59 Å². The van der Waals surface area contributed by atoms with Crippen LogP contribution in [0.5, 0.6) is 0 Å². The monoisotopic (exact) mass is 324 g/mol. The summed E-state index contributed by atoms with van der Waals surface area (Å²) in [6.45, 7) is 4.61. The van der Waals surface area contributed by atoms with Gasteiger partial charge in [0.1, 0.15) is 12.1 Å². The minimum absolute atomic E-state index is 0.387. The van der Waals surface area contributed by atoms with E-state index in [0.717, 1.165) is 12.8 Å². The lowest BCUT2D eigenvalue weighted by atomic mass is 10.4. The second-order valence-corrected chi connectivity index (χ2v) is 6.67. The summed E-state index contributed by atoms with van der Waals surface area (Å²) in [5.74, 6) is 0.0478. The van der Waals surface area contributed by atoms with Crippen molar-refractivity contribution in [1.82, 2.24) is 0 Å². The zero-order valence-electron chi connectivity index (χ0n) is 12.0. The molecule has 20 heavy (non-hydrogen) atoms. The number of carbonyl (C=O) groups is 2. The van der Waals surface area contributed by atoms with E-state index >= 15 is 0 Å². The minimum Gasteiger partial charge on any atom is -0.465 e. The molecule has 0 spiro atoms. The zero-order chi connectivity index (χ0) is 15.4. The highest BCUT2D eigenvalue weighted by atomic mass is 33.1. The highest BCUT2D eigenvalue weighted by molar-refractivity contribution is 8.76. The van der Waals surface area contributed by atoms with Crippen molar-refractivity contribution in [3.8, 4) is 0 Å². The van der Waals surface area contributed by atoms with E-state index < -0.39 is 24.0 Å². The van der Waals surface area contributed by atoms with E-state index in [0.29, 0.717) is 24.7 Å². The summed E-state index contributed by atoms with van der Waals surface area (Å²) in [5.41, 5.74) is 11.3. The zero-order valence-corrected chi connectivity index (χ0v) is 13.6. The number of hydrogen-bond donors (Lipinski definition) is 2. The standard InChI is InChI=1S/C12H24N2O4S2/c1-3-5-17-11(15)9(13)7-19-20-8-10(14)12(16)18-6-4-2/h9-10H,3-8,13-14H2,1-2H3/t9-,10-/m0/s1. The third kappa shape index (κ3) is 9.46. The lowest BCUT2D eigenvalue weighted by Crippen LogP contribution is -2.35. The van der Waals surface area contributed by atoms with E-state index in [1.165, 1.54) is 21.6 Å². The van der Waals surface area contributed by atoms with Gasteiger partial charge in [0.25, 0.3) is 0 Å². The van der Waals surface area contributed by atoms with Crippen LogP contribution in [0.1, 0.15) is 26.7 Å². The van der Waals surface area contributed by atoms with Gasteiger partial charge in [0.15, 0.2) is 0 Å². The van der Waals surface area contributed by atoms with Gasteiger partial charge in [-0.2, -0.15) is 0 Å². The molecule has 0 aromatic rings. The SMILES string of the molecule is CCCOC(=O)[C@@H](N)CSSC[C@H](N)C(=O)OCCC. The largest absolute Gasteiger partial charge is 0.465 e. The smallest absolute Gasteiger partial charge is 0.323 e. The third-order valence-electron chi connectivity index (χ3n) is 2.08. The van der Waals surface area contributed by atoms with Gasteiger partial charge in [0, 0.05) is 11.5 Å². The number of rotatable bonds is 11. The molecule has 0 bridgehead atoms. The molecule has 0 aromatic heterocycles. The van der Waals surface area contributed by atoms with Crippen LogP contribution in [0.4, 0.5) is 0 Å². The summed E-state index contributed by atoms with van der Waals surface area (Å²) in [6, 6.07) is -1.30. The molecule has 0 amide bonds. The molecule has 0 rings (SSSR count). The Balaban J connectivity index is 3.69. The van der Waals surface area contributed by atoms with Crippen molar-refractivity contribution in [3.05, 3.63) is 0 Å². The normalized spacial score (nSPS) is 13.6. The maximum atomic E-state index is 11.4. The second kappa shape index (κ2) is 12.3. The molecule has 2 atom stereocenters. The van der Waals surface area contributed by atoms with Gasteiger partial charge in [-0.1, -0.05) is 35.4 Å². The predicted molar refractivity (Wildman–Crippen MR) is 83.4 cm³/mol. The number of hydrogen-bond acceptors (Lipinski definition) is 8. The topological polar surface area (TPSA) is 105 Å². The molecule has 0 aliphatic rings. The Kier molecular flexibility index (Phi) is 12.0. The maximum Gasteiger partial charge on any atom is 0.323 e. The molecule has 0 aromatic carbocycles. The first kappa shape index (κ1) is 19.6. The fourth-order valence-corrected chi connectivity index (χ4v) is 3.21. The molecule has 0 saturated carbocycles. The van der Waals surface area contributed by atoms with Crippen molar-refractivity contribution in [3.63, 3.8) is 0 Å². The van der Waals surface area contributed by atoms with E-state index in [2.05, 4.69) is 0 Å². The Morgan fingerprint density at radius 2 is 1.25 bits per heavy atom. The molecule has 0 unspecified atom stereocenters. The van der Waals surface area contributed by atoms with Gasteiger partial charge < -0.3 is 20.9 Å². The summed E-state index contributed by atoms with van der Waals surface area (Å²) >= 11 is 0. The predicted octanol–water partition coefficient (Wildman–Crippen LogP) is 0.929. The Hall–Kier alpha value is -0.440. The van der Waals surface area contributed by atoms with Crippen LogP contribution in [-0.4, -0.2) is 48.7 Å². The van der Waals surface area contributed by atoms with Gasteiger partial charge in [-0.3, -0.25) is 9.59 Å². The molecular weight excluding hydrogens is 300 g/mol. The molecule has 0 aliphatic carbocycles. The Morgan fingerprint density at radius 1 is 0.900 bits per heavy atom. The lowest BCUT2D eigenvalue weighted by molar-refractivity contribution is -0.145. The molecular formula is C12H24N2O4S2. The van der Waals surface area contributed by atoms with Crippen LogP contribution in [0.15, 0.2) is 0 Å². The maximum absolute atomic E-state index is 11.4. The highest BCUT2D eigenvalue weighted by Gasteiger charge is 2.17. The Labute approximate surface area is 128 Å². The van der Waals surface area contributed by atoms with Crippen molar-refractivity contribution in [2.75, 3.05) is 24.7 Å². The van der Waals surface area contributed by atoms with Crippen LogP contribution in [0.25, 0.3) is 0 Å². The average Bonchev–Trinajstić information content (AvgIpc) is 2.45. The number of ether oxygens (including phenoxy) is 2. The Bertz CT molecular complexity index is 265. The minimum atomic E-state index is -0.651. The van der Waals surface area contributed by atoms with Crippen LogP contribution in [-0.2, 0) is 19.1 Å². The van der Waals surface area contributed by atoms with Crippen molar-refractivity contribution >= 4 is 33.5 Å². The number of carbonyl (C=O) groups excluding carboxylic acids is 2. The summed E-state index contributed by atoms with van der Waals surface area (Å²) in [4.78, 5) is 22.8. The van der Waals surface area contributed by atoms with Crippen molar-refractivity contribution in [2.45, 2.75) is 38.8 Å². The molecule has 118 valence electrons.